The summed E-state index contributed by atoms with van der Waals surface area (Å²) in [5.41, 5.74) is 0.514. The second kappa shape index (κ2) is 8.49. The van der Waals surface area contributed by atoms with Gasteiger partial charge in [-0.25, -0.2) is 9.48 Å². The van der Waals surface area contributed by atoms with Crippen LogP contribution >= 0.6 is 15.9 Å². The summed E-state index contributed by atoms with van der Waals surface area (Å²) in [7, 11) is 1.52. The molecule has 1 fully saturated rings. The van der Waals surface area contributed by atoms with Crippen LogP contribution in [0.3, 0.4) is 0 Å². The van der Waals surface area contributed by atoms with Crippen LogP contribution in [0.4, 0.5) is 0 Å². The van der Waals surface area contributed by atoms with E-state index in [2.05, 4.69) is 26.2 Å². The molecular weight excluding hydrogens is 508 g/mol. The average molecular weight is 525 g/mol. The zero-order valence-corrected chi connectivity index (χ0v) is 19.4. The van der Waals surface area contributed by atoms with E-state index in [-0.39, 0.29) is 18.7 Å². The fourth-order valence-corrected chi connectivity index (χ4v) is 4.39. The number of carbonyl (C=O) groups excluding carboxylic acids is 3. The van der Waals surface area contributed by atoms with Crippen LogP contribution in [0.25, 0.3) is 11.0 Å². The zero-order chi connectivity index (χ0) is 24.0. The molecule has 1 unspecified atom stereocenters. The normalized spacial score (nSPS) is 17.6. The molecule has 1 saturated heterocycles. The second-order valence-corrected chi connectivity index (χ2v) is 8.82. The lowest BCUT2D eigenvalue weighted by Gasteiger charge is -2.21. The number of ketones is 2. The smallest absolute Gasteiger partial charge is 0.347 e. The van der Waals surface area contributed by atoms with Crippen molar-refractivity contribution in [3.8, 4) is 0 Å². The topological polar surface area (TPSA) is 125 Å². The Kier molecular flexibility index (Phi) is 5.48. The summed E-state index contributed by atoms with van der Waals surface area (Å²) in [6, 6.07) is 6.65. The van der Waals surface area contributed by atoms with Crippen LogP contribution in [0.2, 0.25) is 0 Å². The third-order valence-corrected chi connectivity index (χ3v) is 6.25. The largest absolute Gasteiger partial charge is 0.501 e. The lowest BCUT2D eigenvalue weighted by Crippen LogP contribution is -2.26. The minimum atomic E-state index is -0.740. The Hall–Kier alpha value is -3.86. The van der Waals surface area contributed by atoms with Crippen LogP contribution in [-0.2, 0) is 27.4 Å². The average Bonchev–Trinajstić information content (AvgIpc) is 3.36. The number of rotatable bonds is 6. The van der Waals surface area contributed by atoms with Gasteiger partial charge in [0.1, 0.15) is 23.4 Å². The molecule has 1 aliphatic carbocycles. The van der Waals surface area contributed by atoms with E-state index in [9.17, 15) is 19.2 Å². The highest BCUT2D eigenvalue weighted by molar-refractivity contribution is 9.10. The van der Waals surface area contributed by atoms with Gasteiger partial charge in [0.2, 0.25) is 5.78 Å². The number of Topliss-reactive ketones (excluding diaryl/α,β-unsaturated/α-hetero) is 2. The maximum atomic E-state index is 12.7. The van der Waals surface area contributed by atoms with Gasteiger partial charge in [0, 0.05) is 22.0 Å². The SMILES string of the molecule is COC1=CC=C2C(C1)C(=O)C(=O)N2Cc1cn(CC(=O)c2cc3ccc(Br)cc3oc2=O)nn1. The number of ether oxygens (including phenoxy) is 1. The van der Waals surface area contributed by atoms with Gasteiger partial charge < -0.3 is 14.1 Å². The van der Waals surface area contributed by atoms with Crippen LogP contribution in [0.1, 0.15) is 22.5 Å². The molecular formula is C23H17BrN4O6. The number of methoxy groups -OCH3 is 1. The van der Waals surface area contributed by atoms with Gasteiger partial charge in [0.15, 0.2) is 5.78 Å². The second-order valence-electron chi connectivity index (χ2n) is 7.90. The number of allylic oxidation sites excluding steroid dienone is 4. The number of hydrogen-bond donors (Lipinski definition) is 0. The lowest BCUT2D eigenvalue weighted by molar-refractivity contribution is -0.140. The fourth-order valence-electron chi connectivity index (χ4n) is 4.05. The standard InChI is InChI=1S/C23H17BrN4O6/c1-33-15-4-5-18-16(8-15)21(30)22(31)28(18)10-14-9-27(26-25-14)11-19(29)17-6-12-2-3-13(24)7-20(12)34-23(17)32/h2-7,9,16H,8,10-11H2,1H3. The van der Waals surface area contributed by atoms with Crippen LogP contribution in [0.5, 0.6) is 0 Å². The van der Waals surface area contributed by atoms with Gasteiger partial charge in [-0.05, 0) is 30.4 Å². The summed E-state index contributed by atoms with van der Waals surface area (Å²) in [6.07, 6.45) is 5.26. The monoisotopic (exact) mass is 524 g/mol. The molecule has 1 amide bonds. The third-order valence-electron chi connectivity index (χ3n) is 5.76. The summed E-state index contributed by atoms with van der Waals surface area (Å²) in [5, 5.41) is 8.57. The molecule has 2 aliphatic rings. The molecule has 10 nitrogen and oxygen atoms in total. The molecule has 1 aromatic carbocycles. The first-order valence-electron chi connectivity index (χ1n) is 10.3. The highest BCUT2D eigenvalue weighted by Gasteiger charge is 2.44. The van der Waals surface area contributed by atoms with E-state index in [0.717, 1.165) is 4.47 Å². The van der Waals surface area contributed by atoms with Gasteiger partial charge in [-0.1, -0.05) is 27.2 Å². The van der Waals surface area contributed by atoms with Gasteiger partial charge in [0.25, 0.3) is 5.91 Å². The van der Waals surface area contributed by atoms with Gasteiger partial charge in [-0.2, -0.15) is 0 Å². The molecule has 34 heavy (non-hydrogen) atoms. The van der Waals surface area contributed by atoms with E-state index in [1.165, 1.54) is 29.0 Å². The van der Waals surface area contributed by atoms with Crippen LogP contribution < -0.4 is 5.63 Å². The van der Waals surface area contributed by atoms with E-state index < -0.39 is 29.0 Å². The molecule has 3 heterocycles. The molecule has 0 radical (unpaired) electrons. The van der Waals surface area contributed by atoms with E-state index in [0.29, 0.717) is 34.5 Å². The van der Waals surface area contributed by atoms with Crippen molar-refractivity contribution in [1.29, 1.82) is 0 Å². The quantitative estimate of drug-likeness (QED) is 0.273. The number of benzene rings is 1. The first-order chi connectivity index (χ1) is 16.3. The van der Waals surface area contributed by atoms with E-state index >= 15 is 0 Å². The Labute approximate surface area is 200 Å². The maximum absolute atomic E-state index is 12.7. The highest BCUT2D eigenvalue weighted by atomic mass is 79.9. The zero-order valence-electron chi connectivity index (χ0n) is 17.9. The molecule has 1 atom stereocenters. The highest BCUT2D eigenvalue weighted by Crippen LogP contribution is 2.35. The number of aromatic nitrogens is 3. The molecule has 5 rings (SSSR count). The predicted octanol–water partition coefficient (Wildman–Crippen LogP) is 2.38. The van der Waals surface area contributed by atoms with Gasteiger partial charge in [-0.15, -0.1) is 5.10 Å². The number of carbonyl (C=O) groups is 3. The van der Waals surface area contributed by atoms with E-state index in [1.807, 2.05) is 0 Å². The predicted molar refractivity (Wildman–Crippen MR) is 121 cm³/mol. The van der Waals surface area contributed by atoms with Crippen molar-refractivity contribution in [1.82, 2.24) is 19.9 Å². The van der Waals surface area contributed by atoms with Gasteiger partial charge in [-0.3, -0.25) is 14.4 Å². The van der Waals surface area contributed by atoms with Gasteiger partial charge in [0.05, 0.1) is 31.5 Å². The number of likely N-dealkylation sites (tertiary alicyclic amines) is 1. The molecule has 0 N–H and O–H groups in total. The van der Waals surface area contributed by atoms with Crippen molar-refractivity contribution in [2.75, 3.05) is 7.11 Å². The number of hydrogen-bond acceptors (Lipinski definition) is 8. The minimum absolute atomic E-state index is 0.0320. The Balaban J connectivity index is 1.33. The summed E-state index contributed by atoms with van der Waals surface area (Å²) in [4.78, 5) is 51.4. The van der Waals surface area contributed by atoms with E-state index in [4.69, 9.17) is 9.15 Å². The van der Waals surface area contributed by atoms with Crippen molar-refractivity contribution in [2.24, 2.45) is 5.92 Å². The summed E-state index contributed by atoms with van der Waals surface area (Å²) >= 11 is 3.31. The minimum Gasteiger partial charge on any atom is -0.501 e. The van der Waals surface area contributed by atoms with Crippen LogP contribution in [0.15, 0.2) is 67.8 Å². The summed E-state index contributed by atoms with van der Waals surface area (Å²) < 4.78 is 12.5. The van der Waals surface area contributed by atoms with Gasteiger partial charge >= 0.3 is 5.63 Å². The van der Waals surface area contributed by atoms with E-state index in [1.54, 1.807) is 30.4 Å². The first kappa shape index (κ1) is 22.0. The molecule has 0 saturated carbocycles. The number of halogens is 1. The Morgan fingerprint density at radius 2 is 2.06 bits per heavy atom. The molecule has 0 bridgehead atoms. The third kappa shape index (κ3) is 3.87. The van der Waals surface area contributed by atoms with Crippen LogP contribution in [-0.4, -0.2) is 44.5 Å². The maximum Gasteiger partial charge on any atom is 0.347 e. The molecule has 0 spiro atoms. The molecule has 3 aromatic rings. The number of fused-ring (bicyclic) bond motifs is 2. The van der Waals surface area contributed by atoms with Crippen LogP contribution in [0, 0.1) is 5.92 Å². The van der Waals surface area contributed by atoms with Crippen molar-refractivity contribution in [3.63, 3.8) is 0 Å². The molecule has 11 heteroatoms. The summed E-state index contributed by atoms with van der Waals surface area (Å²) in [5.74, 6) is -1.54. The number of amides is 1. The molecule has 2 aromatic heterocycles. The van der Waals surface area contributed by atoms with Crippen molar-refractivity contribution in [3.05, 3.63) is 80.2 Å². The Bertz CT molecular complexity index is 1480. The fraction of sp³-hybridized carbons (Fsp3) is 0.217. The Morgan fingerprint density at radius 1 is 1.24 bits per heavy atom. The molecule has 172 valence electrons. The first-order valence-corrected chi connectivity index (χ1v) is 11.1. The van der Waals surface area contributed by atoms with Crippen molar-refractivity contribution in [2.45, 2.75) is 19.5 Å². The summed E-state index contributed by atoms with van der Waals surface area (Å²) in [6.45, 7) is -0.206. The molecule has 1 aliphatic heterocycles. The van der Waals surface area contributed by atoms with Crippen molar-refractivity contribution >= 4 is 44.4 Å². The number of nitrogens with zero attached hydrogens (tertiary/aromatic N) is 4. The lowest BCUT2D eigenvalue weighted by atomic mass is 9.94. The Morgan fingerprint density at radius 3 is 2.85 bits per heavy atom. The van der Waals surface area contributed by atoms with Crippen molar-refractivity contribution < 1.29 is 23.5 Å².